The standard InChI is InChI=1S/C17H22N2O4/c1-12(18-11-15(20)16-4-3-9-23-16)10-17(21)19-13-5-7-14(22-2)8-6-13/h3-9,12,15,18,20H,10-11H2,1-2H3,(H,19,21). The summed E-state index contributed by atoms with van der Waals surface area (Å²) in [5.74, 6) is 1.15. The lowest BCUT2D eigenvalue weighted by atomic mass is 10.2. The number of hydrogen-bond acceptors (Lipinski definition) is 5. The number of amides is 1. The molecule has 0 aliphatic heterocycles. The molecule has 6 nitrogen and oxygen atoms in total. The van der Waals surface area contributed by atoms with E-state index in [2.05, 4.69) is 10.6 Å². The van der Waals surface area contributed by atoms with Crippen LogP contribution in [0.3, 0.4) is 0 Å². The summed E-state index contributed by atoms with van der Waals surface area (Å²) < 4.78 is 10.2. The van der Waals surface area contributed by atoms with Crippen LogP contribution in [0.5, 0.6) is 5.75 Å². The van der Waals surface area contributed by atoms with E-state index in [0.29, 0.717) is 18.7 Å². The van der Waals surface area contributed by atoms with Crippen molar-refractivity contribution in [1.29, 1.82) is 0 Å². The highest BCUT2D eigenvalue weighted by molar-refractivity contribution is 5.91. The molecule has 0 saturated carbocycles. The van der Waals surface area contributed by atoms with E-state index in [1.54, 1.807) is 43.5 Å². The monoisotopic (exact) mass is 318 g/mol. The van der Waals surface area contributed by atoms with Crippen molar-refractivity contribution in [2.75, 3.05) is 19.0 Å². The first kappa shape index (κ1) is 17.1. The minimum Gasteiger partial charge on any atom is -0.497 e. The molecule has 2 aromatic rings. The second kappa shape index (κ2) is 8.36. The fraction of sp³-hybridized carbons (Fsp3) is 0.353. The summed E-state index contributed by atoms with van der Waals surface area (Å²) >= 11 is 0. The maximum absolute atomic E-state index is 12.0. The number of ether oxygens (including phenoxy) is 1. The van der Waals surface area contributed by atoms with Gasteiger partial charge < -0.3 is 24.9 Å². The zero-order chi connectivity index (χ0) is 16.7. The Balaban J connectivity index is 1.73. The van der Waals surface area contributed by atoms with Gasteiger partial charge in [0.25, 0.3) is 0 Å². The van der Waals surface area contributed by atoms with E-state index in [1.165, 1.54) is 6.26 Å². The maximum Gasteiger partial charge on any atom is 0.225 e. The minimum atomic E-state index is -0.725. The highest BCUT2D eigenvalue weighted by Gasteiger charge is 2.14. The summed E-state index contributed by atoms with van der Waals surface area (Å²) in [5.41, 5.74) is 0.721. The topological polar surface area (TPSA) is 83.7 Å². The second-order valence-electron chi connectivity index (χ2n) is 5.32. The van der Waals surface area contributed by atoms with Gasteiger partial charge in [-0.15, -0.1) is 0 Å². The Kier molecular flexibility index (Phi) is 6.19. The lowest BCUT2D eigenvalue weighted by Gasteiger charge is -2.16. The molecular formula is C17H22N2O4. The van der Waals surface area contributed by atoms with Crippen LogP contribution in [0.2, 0.25) is 0 Å². The van der Waals surface area contributed by atoms with Crippen molar-refractivity contribution in [2.45, 2.75) is 25.5 Å². The summed E-state index contributed by atoms with van der Waals surface area (Å²) in [7, 11) is 1.60. The highest BCUT2D eigenvalue weighted by Crippen LogP contribution is 2.15. The molecule has 124 valence electrons. The van der Waals surface area contributed by atoms with Crippen LogP contribution in [-0.4, -0.2) is 30.7 Å². The molecule has 1 aromatic heterocycles. The predicted octanol–water partition coefficient (Wildman–Crippen LogP) is 2.33. The number of carbonyl (C=O) groups excluding carboxylic acids is 1. The molecule has 2 unspecified atom stereocenters. The number of hydrogen-bond donors (Lipinski definition) is 3. The number of methoxy groups -OCH3 is 1. The summed E-state index contributed by atoms with van der Waals surface area (Å²) in [6.07, 6.45) is 1.10. The third-order valence-corrected chi connectivity index (χ3v) is 3.40. The van der Waals surface area contributed by atoms with Crippen LogP contribution >= 0.6 is 0 Å². The molecule has 2 rings (SSSR count). The highest BCUT2D eigenvalue weighted by atomic mass is 16.5. The number of rotatable bonds is 8. The van der Waals surface area contributed by atoms with Crippen molar-refractivity contribution in [3.8, 4) is 5.75 Å². The Labute approximate surface area is 135 Å². The van der Waals surface area contributed by atoms with Crippen molar-refractivity contribution < 1.29 is 19.1 Å². The van der Waals surface area contributed by atoms with Gasteiger partial charge in [-0.2, -0.15) is 0 Å². The number of carbonyl (C=O) groups is 1. The van der Waals surface area contributed by atoms with Crippen molar-refractivity contribution in [2.24, 2.45) is 0 Å². The maximum atomic E-state index is 12.0. The number of benzene rings is 1. The third kappa shape index (κ3) is 5.43. The van der Waals surface area contributed by atoms with Crippen LogP contribution in [0.1, 0.15) is 25.2 Å². The van der Waals surface area contributed by atoms with Crippen LogP contribution < -0.4 is 15.4 Å². The van der Waals surface area contributed by atoms with E-state index in [-0.39, 0.29) is 11.9 Å². The van der Waals surface area contributed by atoms with Gasteiger partial charge in [0.15, 0.2) is 0 Å². The first-order valence-electron chi connectivity index (χ1n) is 7.47. The number of aliphatic hydroxyl groups is 1. The van der Waals surface area contributed by atoms with Gasteiger partial charge in [-0.1, -0.05) is 0 Å². The molecule has 0 aliphatic rings. The molecule has 1 heterocycles. The lowest BCUT2D eigenvalue weighted by molar-refractivity contribution is -0.116. The molecule has 1 aromatic carbocycles. The minimum absolute atomic E-state index is 0.0714. The molecule has 3 N–H and O–H groups in total. The summed E-state index contributed by atoms with van der Waals surface area (Å²) in [6.45, 7) is 2.22. The Morgan fingerprint density at radius 3 is 2.65 bits per heavy atom. The van der Waals surface area contributed by atoms with Gasteiger partial charge in [-0.05, 0) is 43.3 Å². The zero-order valence-electron chi connectivity index (χ0n) is 13.3. The van der Waals surface area contributed by atoms with Crippen LogP contribution in [0.4, 0.5) is 5.69 Å². The molecule has 0 spiro atoms. The first-order valence-corrected chi connectivity index (χ1v) is 7.47. The first-order chi connectivity index (χ1) is 11.1. The van der Waals surface area contributed by atoms with Crippen LogP contribution in [-0.2, 0) is 4.79 Å². The second-order valence-corrected chi connectivity index (χ2v) is 5.32. The molecule has 0 aliphatic carbocycles. The van der Waals surface area contributed by atoms with Crippen LogP contribution in [0.25, 0.3) is 0 Å². The molecule has 0 saturated heterocycles. The smallest absolute Gasteiger partial charge is 0.225 e. The van der Waals surface area contributed by atoms with E-state index in [9.17, 15) is 9.90 Å². The fourth-order valence-corrected chi connectivity index (χ4v) is 2.13. The molecule has 0 bridgehead atoms. The number of anilines is 1. The number of furan rings is 1. The van der Waals surface area contributed by atoms with Gasteiger partial charge in [-0.3, -0.25) is 4.79 Å². The van der Waals surface area contributed by atoms with Crippen molar-refractivity contribution >= 4 is 11.6 Å². The molecule has 0 fully saturated rings. The predicted molar refractivity (Wildman–Crippen MR) is 87.4 cm³/mol. The van der Waals surface area contributed by atoms with E-state index < -0.39 is 6.10 Å². The fourth-order valence-electron chi connectivity index (χ4n) is 2.13. The Morgan fingerprint density at radius 1 is 1.30 bits per heavy atom. The van der Waals surface area contributed by atoms with Gasteiger partial charge in [0.2, 0.25) is 5.91 Å². The number of aliphatic hydroxyl groups excluding tert-OH is 1. The lowest BCUT2D eigenvalue weighted by Crippen LogP contribution is -2.33. The van der Waals surface area contributed by atoms with Crippen molar-refractivity contribution in [3.05, 3.63) is 48.4 Å². The van der Waals surface area contributed by atoms with Crippen LogP contribution in [0, 0.1) is 0 Å². The van der Waals surface area contributed by atoms with Gasteiger partial charge in [0.05, 0.1) is 13.4 Å². The molecule has 2 atom stereocenters. The van der Waals surface area contributed by atoms with Crippen molar-refractivity contribution in [1.82, 2.24) is 5.32 Å². The number of nitrogens with one attached hydrogen (secondary N) is 2. The summed E-state index contributed by atoms with van der Waals surface area (Å²) in [4.78, 5) is 12.0. The molecule has 6 heteroatoms. The Bertz CT molecular complexity index is 596. The van der Waals surface area contributed by atoms with Gasteiger partial charge in [0.1, 0.15) is 17.6 Å². The van der Waals surface area contributed by atoms with Crippen molar-refractivity contribution in [3.63, 3.8) is 0 Å². The van der Waals surface area contributed by atoms with E-state index in [0.717, 1.165) is 11.4 Å². The average molecular weight is 318 g/mol. The van der Waals surface area contributed by atoms with Gasteiger partial charge >= 0.3 is 0 Å². The third-order valence-electron chi connectivity index (χ3n) is 3.40. The van der Waals surface area contributed by atoms with Gasteiger partial charge in [0, 0.05) is 24.7 Å². The Hall–Kier alpha value is -2.31. The zero-order valence-corrected chi connectivity index (χ0v) is 13.3. The molecule has 23 heavy (non-hydrogen) atoms. The molecule has 1 amide bonds. The molecular weight excluding hydrogens is 296 g/mol. The van der Waals surface area contributed by atoms with Crippen LogP contribution in [0.15, 0.2) is 47.1 Å². The van der Waals surface area contributed by atoms with E-state index in [1.807, 2.05) is 6.92 Å². The van der Waals surface area contributed by atoms with E-state index in [4.69, 9.17) is 9.15 Å². The SMILES string of the molecule is COc1ccc(NC(=O)CC(C)NCC(O)c2ccco2)cc1. The quantitative estimate of drug-likeness (QED) is 0.696. The summed E-state index contributed by atoms with van der Waals surface area (Å²) in [5, 5.41) is 15.8. The largest absolute Gasteiger partial charge is 0.497 e. The molecule has 0 radical (unpaired) electrons. The van der Waals surface area contributed by atoms with Gasteiger partial charge in [-0.25, -0.2) is 0 Å². The summed E-state index contributed by atoms with van der Waals surface area (Å²) in [6, 6.07) is 10.5. The normalized spacial score (nSPS) is 13.3. The Morgan fingerprint density at radius 2 is 2.04 bits per heavy atom. The van der Waals surface area contributed by atoms with E-state index >= 15 is 0 Å². The average Bonchev–Trinajstić information content (AvgIpc) is 3.07.